The first-order valence-corrected chi connectivity index (χ1v) is 17.8. The normalized spacial score (nSPS) is 14.4. The number of furan rings is 1. The van der Waals surface area contributed by atoms with Crippen LogP contribution in [0.2, 0.25) is 0 Å². The lowest BCUT2D eigenvalue weighted by atomic mass is 9.67. The van der Waals surface area contributed by atoms with Crippen LogP contribution in [-0.2, 0) is 5.41 Å². The summed E-state index contributed by atoms with van der Waals surface area (Å²) in [5.41, 5.74) is 16.2. The number of fused-ring (bicyclic) bond motifs is 8. The summed E-state index contributed by atoms with van der Waals surface area (Å²) in [6, 6.07) is 51.3. The van der Waals surface area contributed by atoms with E-state index in [2.05, 4.69) is 97.1 Å². The summed E-state index contributed by atoms with van der Waals surface area (Å²) in [5.74, 6) is 0.595. The molecule has 1 spiro atoms. The van der Waals surface area contributed by atoms with E-state index < -0.39 is 0 Å². The van der Waals surface area contributed by atoms with Crippen LogP contribution in [0, 0.1) is 11.3 Å². The Bertz CT molecular complexity index is 2650. The van der Waals surface area contributed by atoms with E-state index in [1.165, 1.54) is 65.5 Å². The van der Waals surface area contributed by atoms with Gasteiger partial charge in [0.15, 0.2) is 11.4 Å². The van der Waals surface area contributed by atoms with Crippen molar-refractivity contribution in [2.24, 2.45) is 0 Å². The van der Waals surface area contributed by atoms with Crippen LogP contribution in [0.3, 0.4) is 0 Å². The summed E-state index contributed by atoms with van der Waals surface area (Å²) < 4.78 is 6.35. The van der Waals surface area contributed by atoms with Crippen LogP contribution in [0.15, 0.2) is 144 Å². The third kappa shape index (κ3) is 4.73. The van der Waals surface area contributed by atoms with Gasteiger partial charge >= 0.3 is 0 Å². The standard InChI is InChI=1S/C47H33N3O/c48-29-30-12-14-35(15-13-30)46-49-43(45-44(50-46)39-9-3-5-11-42(39)51-45)34-22-20-32(21-23-34)31-16-18-33(19-17-31)36-24-25-38-37-8-2-4-10-40(37)47(41(38)28-36)26-6-1-7-27-47/h2-5,8-25,28H,1,6-7,26-27H2. The summed E-state index contributed by atoms with van der Waals surface area (Å²) in [7, 11) is 0. The van der Waals surface area contributed by atoms with E-state index >= 15 is 0 Å². The molecule has 0 saturated heterocycles. The first kappa shape index (κ1) is 29.6. The Labute approximate surface area is 296 Å². The maximum absolute atomic E-state index is 9.30. The summed E-state index contributed by atoms with van der Waals surface area (Å²) in [5, 5.41) is 10.3. The highest BCUT2D eigenvalue weighted by Gasteiger charge is 2.43. The quantitative estimate of drug-likeness (QED) is 0.189. The molecule has 51 heavy (non-hydrogen) atoms. The topological polar surface area (TPSA) is 62.7 Å². The molecule has 4 nitrogen and oxygen atoms in total. The van der Waals surface area contributed by atoms with E-state index in [9.17, 15) is 5.26 Å². The number of para-hydroxylation sites is 1. The molecule has 2 aliphatic rings. The Morgan fingerprint density at radius 2 is 1.16 bits per heavy atom. The second-order valence-electron chi connectivity index (χ2n) is 14.0. The van der Waals surface area contributed by atoms with Crippen molar-refractivity contribution in [1.82, 2.24) is 9.97 Å². The van der Waals surface area contributed by atoms with E-state index in [1.807, 2.05) is 36.4 Å². The molecule has 1 fully saturated rings. The van der Waals surface area contributed by atoms with Crippen molar-refractivity contribution >= 4 is 22.1 Å². The van der Waals surface area contributed by atoms with E-state index in [4.69, 9.17) is 14.4 Å². The lowest BCUT2D eigenvalue weighted by molar-refractivity contribution is 0.353. The number of benzene rings is 6. The van der Waals surface area contributed by atoms with Crippen molar-refractivity contribution in [1.29, 1.82) is 5.26 Å². The van der Waals surface area contributed by atoms with Gasteiger partial charge in [0, 0.05) is 21.9 Å². The van der Waals surface area contributed by atoms with Crippen molar-refractivity contribution < 1.29 is 4.42 Å². The number of aromatic nitrogens is 2. The molecule has 2 aliphatic carbocycles. The third-order valence-corrected chi connectivity index (χ3v) is 11.2. The second kappa shape index (κ2) is 11.6. The number of nitriles is 1. The maximum atomic E-state index is 9.30. The van der Waals surface area contributed by atoms with Crippen molar-refractivity contribution in [3.63, 3.8) is 0 Å². The molecule has 2 aromatic heterocycles. The zero-order valence-electron chi connectivity index (χ0n) is 28.1. The minimum Gasteiger partial charge on any atom is -0.452 e. The van der Waals surface area contributed by atoms with Gasteiger partial charge in [0.1, 0.15) is 16.8 Å². The van der Waals surface area contributed by atoms with Crippen molar-refractivity contribution in [3.05, 3.63) is 156 Å². The van der Waals surface area contributed by atoms with Gasteiger partial charge in [-0.05, 0) is 99.8 Å². The minimum absolute atomic E-state index is 0.155. The second-order valence-corrected chi connectivity index (χ2v) is 14.0. The molecule has 0 radical (unpaired) electrons. The van der Waals surface area contributed by atoms with Crippen LogP contribution in [0.4, 0.5) is 0 Å². The Balaban J connectivity index is 0.987. The fourth-order valence-corrected chi connectivity index (χ4v) is 8.61. The SMILES string of the molecule is N#Cc1ccc(-c2nc(-c3ccc(-c4ccc(-c5ccc6c(c5)C5(CCCCC5)c5ccccc5-6)cc4)cc3)c3oc4ccccc4c3n2)cc1. The molecule has 6 aromatic carbocycles. The Hall–Kier alpha value is -6.31. The smallest absolute Gasteiger partial charge is 0.180 e. The lowest BCUT2D eigenvalue weighted by Crippen LogP contribution is -2.28. The highest BCUT2D eigenvalue weighted by molar-refractivity contribution is 6.07. The molecule has 8 aromatic rings. The number of hydrogen-bond acceptors (Lipinski definition) is 4. The van der Waals surface area contributed by atoms with E-state index in [1.54, 1.807) is 12.1 Å². The molecule has 0 unspecified atom stereocenters. The van der Waals surface area contributed by atoms with Gasteiger partial charge in [-0.2, -0.15) is 5.26 Å². The molecule has 0 N–H and O–H groups in total. The monoisotopic (exact) mass is 655 g/mol. The average Bonchev–Trinajstić information content (AvgIpc) is 3.71. The van der Waals surface area contributed by atoms with Gasteiger partial charge in [0.2, 0.25) is 0 Å². The molecule has 0 amide bonds. The molecular formula is C47H33N3O. The van der Waals surface area contributed by atoms with Gasteiger partial charge in [-0.15, -0.1) is 0 Å². The van der Waals surface area contributed by atoms with Crippen LogP contribution < -0.4 is 0 Å². The molecule has 0 atom stereocenters. The van der Waals surface area contributed by atoms with Crippen molar-refractivity contribution in [2.75, 3.05) is 0 Å². The lowest BCUT2D eigenvalue weighted by Gasteiger charge is -2.36. The summed E-state index contributed by atoms with van der Waals surface area (Å²) >= 11 is 0. The van der Waals surface area contributed by atoms with E-state index in [0.29, 0.717) is 17.0 Å². The van der Waals surface area contributed by atoms with Gasteiger partial charge in [0.25, 0.3) is 0 Å². The zero-order chi connectivity index (χ0) is 33.9. The maximum Gasteiger partial charge on any atom is 0.180 e. The van der Waals surface area contributed by atoms with Gasteiger partial charge in [-0.1, -0.05) is 116 Å². The van der Waals surface area contributed by atoms with Crippen molar-refractivity contribution in [2.45, 2.75) is 37.5 Å². The van der Waals surface area contributed by atoms with Crippen LogP contribution in [0.1, 0.15) is 48.8 Å². The first-order valence-electron chi connectivity index (χ1n) is 17.8. The van der Waals surface area contributed by atoms with Gasteiger partial charge in [-0.25, -0.2) is 9.97 Å². The van der Waals surface area contributed by atoms with Crippen LogP contribution in [0.25, 0.3) is 78.1 Å². The summed E-state index contributed by atoms with van der Waals surface area (Å²) in [6.07, 6.45) is 6.41. The first-order chi connectivity index (χ1) is 25.2. The molecule has 1 saturated carbocycles. The van der Waals surface area contributed by atoms with Gasteiger partial charge in [0.05, 0.1) is 11.6 Å². The summed E-state index contributed by atoms with van der Waals surface area (Å²) in [6.45, 7) is 0. The molecular weight excluding hydrogens is 623 g/mol. The number of nitrogens with zero attached hydrogens (tertiary/aromatic N) is 3. The minimum atomic E-state index is 0.155. The zero-order valence-corrected chi connectivity index (χ0v) is 28.1. The molecule has 0 bridgehead atoms. The predicted molar refractivity (Wildman–Crippen MR) is 205 cm³/mol. The van der Waals surface area contributed by atoms with E-state index in [-0.39, 0.29) is 5.41 Å². The Morgan fingerprint density at radius 3 is 1.90 bits per heavy atom. The third-order valence-electron chi connectivity index (χ3n) is 11.2. The number of hydrogen-bond donors (Lipinski definition) is 0. The van der Waals surface area contributed by atoms with Gasteiger partial charge in [-0.3, -0.25) is 0 Å². The highest BCUT2D eigenvalue weighted by atomic mass is 16.3. The van der Waals surface area contributed by atoms with Crippen molar-refractivity contribution in [3.8, 4) is 62.1 Å². The fraction of sp³-hybridized carbons (Fsp3) is 0.128. The van der Waals surface area contributed by atoms with Crippen LogP contribution in [-0.4, -0.2) is 9.97 Å². The molecule has 10 rings (SSSR count). The molecule has 0 aliphatic heterocycles. The largest absolute Gasteiger partial charge is 0.452 e. The highest BCUT2D eigenvalue weighted by Crippen LogP contribution is 2.56. The fourth-order valence-electron chi connectivity index (χ4n) is 8.61. The molecule has 2 heterocycles. The molecule has 242 valence electrons. The van der Waals surface area contributed by atoms with Crippen LogP contribution in [0.5, 0.6) is 0 Å². The average molecular weight is 656 g/mol. The Morgan fingerprint density at radius 1 is 0.549 bits per heavy atom. The predicted octanol–water partition coefficient (Wildman–Crippen LogP) is 12.1. The number of rotatable bonds is 4. The van der Waals surface area contributed by atoms with Crippen LogP contribution >= 0.6 is 0 Å². The molecule has 4 heteroatoms. The van der Waals surface area contributed by atoms with Gasteiger partial charge < -0.3 is 4.42 Å². The summed E-state index contributed by atoms with van der Waals surface area (Å²) in [4.78, 5) is 9.96. The Kier molecular flexibility index (Phi) is 6.76. The van der Waals surface area contributed by atoms with E-state index in [0.717, 1.165) is 44.4 Å².